The highest BCUT2D eigenvalue weighted by atomic mass is 16.5. The molecule has 1 saturated heterocycles. The van der Waals surface area contributed by atoms with Crippen molar-refractivity contribution in [2.45, 2.75) is 33.2 Å². The molecule has 1 aromatic heterocycles. The molecule has 0 unspecified atom stereocenters. The summed E-state index contributed by atoms with van der Waals surface area (Å²) in [7, 11) is 1.66. The van der Waals surface area contributed by atoms with Gasteiger partial charge >= 0.3 is 0 Å². The van der Waals surface area contributed by atoms with Gasteiger partial charge in [-0.05, 0) is 62.4 Å². The zero-order valence-electron chi connectivity index (χ0n) is 18.0. The van der Waals surface area contributed by atoms with Crippen molar-refractivity contribution < 1.29 is 9.53 Å². The molecular formula is C25H29N3O2. The average molecular weight is 404 g/mol. The van der Waals surface area contributed by atoms with Crippen LogP contribution in [0.5, 0.6) is 5.75 Å². The van der Waals surface area contributed by atoms with Crippen LogP contribution < -0.4 is 4.74 Å². The summed E-state index contributed by atoms with van der Waals surface area (Å²) in [5.74, 6) is 1.43. The Labute approximate surface area is 178 Å². The van der Waals surface area contributed by atoms with E-state index >= 15 is 0 Å². The molecular weight excluding hydrogens is 374 g/mol. The summed E-state index contributed by atoms with van der Waals surface area (Å²) in [6, 6.07) is 17.9. The van der Waals surface area contributed by atoms with Crippen LogP contribution >= 0.6 is 0 Å². The summed E-state index contributed by atoms with van der Waals surface area (Å²) in [5.41, 5.74) is 4.98. The number of piperidine rings is 1. The number of hydrogen-bond acceptors (Lipinski definition) is 3. The highest BCUT2D eigenvalue weighted by Crippen LogP contribution is 2.31. The van der Waals surface area contributed by atoms with E-state index in [1.54, 1.807) is 7.11 Å². The molecule has 1 amide bonds. The lowest BCUT2D eigenvalue weighted by Crippen LogP contribution is -2.39. The summed E-state index contributed by atoms with van der Waals surface area (Å²) < 4.78 is 7.63. The lowest BCUT2D eigenvalue weighted by molar-refractivity contribution is 0.0681. The predicted molar refractivity (Wildman–Crippen MR) is 119 cm³/mol. The maximum Gasteiger partial charge on any atom is 0.253 e. The minimum absolute atomic E-state index is 0.0967. The molecule has 2 aromatic carbocycles. The molecule has 0 bridgehead atoms. The molecule has 0 saturated carbocycles. The van der Waals surface area contributed by atoms with Crippen molar-refractivity contribution in [1.29, 1.82) is 0 Å². The van der Waals surface area contributed by atoms with Crippen molar-refractivity contribution in [3.8, 4) is 16.9 Å². The number of likely N-dealkylation sites (tertiary alicyclic amines) is 1. The van der Waals surface area contributed by atoms with Crippen molar-refractivity contribution >= 4 is 5.91 Å². The topological polar surface area (TPSA) is 47.4 Å². The fourth-order valence-corrected chi connectivity index (χ4v) is 4.29. The summed E-state index contributed by atoms with van der Waals surface area (Å²) in [5, 5.41) is 4.59. The Morgan fingerprint density at radius 3 is 2.43 bits per heavy atom. The number of methoxy groups -OCH3 is 1. The third kappa shape index (κ3) is 4.25. The van der Waals surface area contributed by atoms with Crippen molar-refractivity contribution in [3.63, 3.8) is 0 Å². The van der Waals surface area contributed by atoms with E-state index in [0.717, 1.165) is 55.0 Å². The van der Waals surface area contributed by atoms with Crippen molar-refractivity contribution in [2.24, 2.45) is 5.92 Å². The van der Waals surface area contributed by atoms with Gasteiger partial charge in [0.15, 0.2) is 0 Å². The first-order valence-corrected chi connectivity index (χ1v) is 10.6. The first-order chi connectivity index (χ1) is 14.5. The van der Waals surface area contributed by atoms with Crippen LogP contribution in [0.25, 0.3) is 11.1 Å². The van der Waals surface area contributed by atoms with E-state index in [2.05, 4.69) is 22.8 Å². The summed E-state index contributed by atoms with van der Waals surface area (Å²) >= 11 is 0. The van der Waals surface area contributed by atoms with Crippen LogP contribution in [0.1, 0.15) is 34.6 Å². The summed E-state index contributed by atoms with van der Waals surface area (Å²) in [6.45, 7) is 6.64. The fourth-order valence-electron chi connectivity index (χ4n) is 4.29. The standard InChI is InChI=1S/C25H29N3O2/c1-18-15-19(2)28(26-18)17-20-11-13-27(14-12-20)25(29)22-9-10-24(30-3)23(16-22)21-7-5-4-6-8-21/h4-10,15-16,20H,11-14,17H2,1-3H3. The predicted octanol–water partition coefficient (Wildman–Crippen LogP) is 4.73. The smallest absolute Gasteiger partial charge is 0.253 e. The van der Waals surface area contributed by atoms with Gasteiger partial charge in [0.05, 0.1) is 12.8 Å². The molecule has 30 heavy (non-hydrogen) atoms. The molecule has 2 heterocycles. The van der Waals surface area contributed by atoms with Crippen LogP contribution in [0, 0.1) is 19.8 Å². The highest BCUT2D eigenvalue weighted by molar-refractivity contribution is 5.96. The van der Waals surface area contributed by atoms with Crippen LogP contribution in [0.2, 0.25) is 0 Å². The second-order valence-electron chi connectivity index (χ2n) is 8.13. The van der Waals surface area contributed by atoms with Crippen LogP contribution in [-0.2, 0) is 6.54 Å². The zero-order valence-corrected chi connectivity index (χ0v) is 18.0. The van der Waals surface area contributed by atoms with E-state index in [1.165, 1.54) is 5.69 Å². The number of hydrogen-bond donors (Lipinski definition) is 0. The van der Waals surface area contributed by atoms with Gasteiger partial charge in [-0.15, -0.1) is 0 Å². The molecule has 0 atom stereocenters. The molecule has 156 valence electrons. The third-order valence-corrected chi connectivity index (χ3v) is 5.97. The molecule has 0 N–H and O–H groups in total. The number of amides is 1. The highest BCUT2D eigenvalue weighted by Gasteiger charge is 2.25. The number of rotatable bonds is 5. The normalized spacial score (nSPS) is 14.7. The number of aromatic nitrogens is 2. The monoisotopic (exact) mass is 403 g/mol. The van der Waals surface area contributed by atoms with Gasteiger partial charge in [-0.1, -0.05) is 30.3 Å². The van der Waals surface area contributed by atoms with Crippen molar-refractivity contribution in [1.82, 2.24) is 14.7 Å². The maximum absolute atomic E-state index is 13.2. The van der Waals surface area contributed by atoms with E-state index in [-0.39, 0.29) is 5.91 Å². The van der Waals surface area contributed by atoms with Gasteiger partial charge in [-0.3, -0.25) is 9.48 Å². The largest absolute Gasteiger partial charge is 0.496 e. The van der Waals surface area contributed by atoms with Gasteiger partial charge in [-0.25, -0.2) is 0 Å². The molecule has 0 spiro atoms. The molecule has 5 nitrogen and oxygen atoms in total. The van der Waals surface area contributed by atoms with Gasteiger partial charge in [-0.2, -0.15) is 5.10 Å². The molecule has 5 heteroatoms. The molecule has 1 aliphatic heterocycles. The SMILES string of the molecule is COc1ccc(C(=O)N2CCC(Cn3nc(C)cc3C)CC2)cc1-c1ccccc1. The molecule has 4 rings (SSSR count). The third-order valence-electron chi connectivity index (χ3n) is 5.97. The first kappa shape index (κ1) is 20.2. The van der Waals surface area contributed by atoms with Crippen LogP contribution in [0.4, 0.5) is 0 Å². The lowest BCUT2D eigenvalue weighted by atomic mass is 9.95. The maximum atomic E-state index is 13.2. The Kier molecular flexibility index (Phi) is 5.88. The van der Waals surface area contributed by atoms with Gasteiger partial charge < -0.3 is 9.64 Å². The summed E-state index contributed by atoms with van der Waals surface area (Å²) in [4.78, 5) is 15.2. The molecule has 3 aromatic rings. The Morgan fingerprint density at radius 1 is 1.07 bits per heavy atom. The Bertz CT molecular complexity index is 1020. The van der Waals surface area contributed by atoms with E-state index in [1.807, 2.05) is 60.4 Å². The van der Waals surface area contributed by atoms with E-state index in [0.29, 0.717) is 11.5 Å². The molecule has 0 radical (unpaired) electrons. The van der Waals surface area contributed by atoms with Gasteiger partial charge in [0.25, 0.3) is 5.91 Å². The van der Waals surface area contributed by atoms with Gasteiger partial charge in [0.2, 0.25) is 0 Å². The van der Waals surface area contributed by atoms with E-state index in [9.17, 15) is 4.79 Å². The van der Waals surface area contributed by atoms with E-state index < -0.39 is 0 Å². The Hall–Kier alpha value is -3.08. The van der Waals surface area contributed by atoms with Crippen molar-refractivity contribution in [3.05, 3.63) is 71.5 Å². The quantitative estimate of drug-likeness (QED) is 0.619. The Balaban J connectivity index is 1.45. The zero-order chi connectivity index (χ0) is 21.1. The fraction of sp³-hybridized carbons (Fsp3) is 0.360. The number of carbonyl (C=O) groups excluding carboxylic acids is 1. The van der Waals surface area contributed by atoms with Crippen LogP contribution in [0.3, 0.4) is 0 Å². The van der Waals surface area contributed by atoms with Crippen molar-refractivity contribution in [2.75, 3.05) is 20.2 Å². The second-order valence-corrected chi connectivity index (χ2v) is 8.13. The second kappa shape index (κ2) is 8.74. The van der Waals surface area contributed by atoms with Crippen LogP contribution in [0.15, 0.2) is 54.6 Å². The Morgan fingerprint density at radius 2 is 1.80 bits per heavy atom. The summed E-state index contributed by atoms with van der Waals surface area (Å²) in [6.07, 6.45) is 2.01. The lowest BCUT2D eigenvalue weighted by Gasteiger charge is -2.32. The molecule has 0 aliphatic carbocycles. The van der Waals surface area contributed by atoms with E-state index in [4.69, 9.17) is 4.74 Å². The molecule has 1 aliphatic rings. The number of ether oxygens (including phenoxy) is 1. The number of benzene rings is 2. The number of carbonyl (C=O) groups is 1. The molecule has 1 fully saturated rings. The minimum Gasteiger partial charge on any atom is -0.496 e. The first-order valence-electron chi connectivity index (χ1n) is 10.6. The number of aryl methyl sites for hydroxylation is 2. The minimum atomic E-state index is 0.0967. The number of nitrogens with zero attached hydrogens (tertiary/aromatic N) is 3. The average Bonchev–Trinajstić information content (AvgIpc) is 3.10. The van der Waals surface area contributed by atoms with Gasteiger partial charge in [0.1, 0.15) is 5.75 Å². The van der Waals surface area contributed by atoms with Crippen LogP contribution in [-0.4, -0.2) is 40.8 Å². The van der Waals surface area contributed by atoms with Gasteiger partial charge in [0, 0.05) is 36.5 Å².